The second kappa shape index (κ2) is 4.56. The molecular formula is C11H11FO2. The predicted octanol–water partition coefficient (Wildman–Crippen LogP) is 2.59. The number of ketones is 1. The van der Waals surface area contributed by atoms with Crippen molar-refractivity contribution in [3.05, 3.63) is 42.2 Å². The Labute approximate surface area is 82.0 Å². The van der Waals surface area contributed by atoms with Crippen LogP contribution in [0.25, 0.3) is 0 Å². The van der Waals surface area contributed by atoms with Crippen LogP contribution in [-0.4, -0.2) is 12.4 Å². The number of carbonyl (C=O) groups is 1. The maximum absolute atomic E-state index is 13.2. The molecule has 1 aromatic carbocycles. The minimum absolute atomic E-state index is 0.0000926. The highest BCUT2D eigenvalue weighted by atomic mass is 19.1. The van der Waals surface area contributed by atoms with Gasteiger partial charge >= 0.3 is 0 Å². The van der Waals surface area contributed by atoms with E-state index >= 15 is 0 Å². The first-order valence-electron chi connectivity index (χ1n) is 4.20. The highest BCUT2D eigenvalue weighted by Crippen LogP contribution is 2.22. The first-order valence-corrected chi connectivity index (χ1v) is 4.20. The van der Waals surface area contributed by atoms with Crippen molar-refractivity contribution in [1.82, 2.24) is 0 Å². The maximum Gasteiger partial charge on any atom is 0.166 e. The minimum atomic E-state index is -0.528. The van der Waals surface area contributed by atoms with Gasteiger partial charge in [-0.2, -0.15) is 0 Å². The third-order valence-electron chi connectivity index (χ3n) is 1.69. The van der Waals surface area contributed by atoms with E-state index in [9.17, 15) is 9.18 Å². The number of carbonyl (C=O) groups excluding carboxylic acids is 1. The van der Waals surface area contributed by atoms with Gasteiger partial charge in [-0.1, -0.05) is 18.7 Å². The van der Waals surface area contributed by atoms with E-state index in [1.807, 2.05) is 0 Å². The van der Waals surface area contributed by atoms with Gasteiger partial charge < -0.3 is 4.74 Å². The smallest absolute Gasteiger partial charge is 0.166 e. The molecule has 0 unspecified atom stereocenters. The van der Waals surface area contributed by atoms with Crippen LogP contribution in [0.2, 0.25) is 0 Å². The van der Waals surface area contributed by atoms with Crippen LogP contribution in [0.4, 0.5) is 4.39 Å². The average Bonchev–Trinajstić information content (AvgIpc) is 2.15. The number of hydrogen-bond donors (Lipinski definition) is 0. The Morgan fingerprint density at radius 1 is 1.64 bits per heavy atom. The van der Waals surface area contributed by atoms with Crippen LogP contribution >= 0.6 is 0 Å². The summed E-state index contributed by atoms with van der Waals surface area (Å²) in [7, 11) is 0. The first kappa shape index (κ1) is 10.4. The second-order valence-corrected chi connectivity index (χ2v) is 2.77. The summed E-state index contributed by atoms with van der Waals surface area (Å²) >= 11 is 0. The largest absolute Gasteiger partial charge is 0.486 e. The summed E-state index contributed by atoms with van der Waals surface area (Å²) in [6.07, 6.45) is 1.50. The zero-order valence-electron chi connectivity index (χ0n) is 7.92. The molecule has 74 valence electrons. The predicted molar refractivity (Wildman–Crippen MR) is 52.1 cm³/mol. The Bertz CT molecular complexity index is 358. The van der Waals surface area contributed by atoms with Gasteiger partial charge in [0.15, 0.2) is 17.3 Å². The monoisotopic (exact) mass is 194 g/mol. The molecule has 0 aliphatic heterocycles. The van der Waals surface area contributed by atoms with Crippen LogP contribution in [0, 0.1) is 5.82 Å². The second-order valence-electron chi connectivity index (χ2n) is 2.77. The van der Waals surface area contributed by atoms with Crippen LogP contribution in [-0.2, 0) is 0 Å². The summed E-state index contributed by atoms with van der Waals surface area (Å²) in [5.74, 6) is -0.747. The van der Waals surface area contributed by atoms with Crippen molar-refractivity contribution in [3.8, 4) is 5.75 Å². The lowest BCUT2D eigenvalue weighted by atomic mass is 10.1. The Kier molecular flexibility index (Phi) is 3.40. The molecule has 0 fully saturated rings. The van der Waals surface area contributed by atoms with Gasteiger partial charge in [-0.25, -0.2) is 4.39 Å². The molecule has 3 heteroatoms. The Balaban J connectivity index is 3.08. The topological polar surface area (TPSA) is 26.3 Å². The van der Waals surface area contributed by atoms with Crippen LogP contribution in [0.3, 0.4) is 0 Å². The van der Waals surface area contributed by atoms with Crippen molar-refractivity contribution in [2.45, 2.75) is 6.92 Å². The van der Waals surface area contributed by atoms with E-state index < -0.39 is 5.82 Å². The minimum Gasteiger partial charge on any atom is -0.486 e. The lowest BCUT2D eigenvalue weighted by Gasteiger charge is -2.08. The van der Waals surface area contributed by atoms with Gasteiger partial charge in [0.25, 0.3) is 0 Å². The van der Waals surface area contributed by atoms with Crippen molar-refractivity contribution in [3.63, 3.8) is 0 Å². The molecule has 0 N–H and O–H groups in total. The van der Waals surface area contributed by atoms with Crippen molar-refractivity contribution in [2.75, 3.05) is 6.61 Å². The van der Waals surface area contributed by atoms with E-state index in [1.165, 1.54) is 31.2 Å². The lowest BCUT2D eigenvalue weighted by molar-refractivity contribution is 0.101. The average molecular weight is 194 g/mol. The zero-order chi connectivity index (χ0) is 10.6. The molecule has 0 saturated carbocycles. The number of rotatable bonds is 4. The van der Waals surface area contributed by atoms with Crippen molar-refractivity contribution >= 4 is 5.78 Å². The first-order chi connectivity index (χ1) is 6.66. The van der Waals surface area contributed by atoms with Crippen LogP contribution < -0.4 is 4.74 Å². The van der Waals surface area contributed by atoms with Gasteiger partial charge in [0, 0.05) is 0 Å². The van der Waals surface area contributed by atoms with Gasteiger partial charge in [-0.15, -0.1) is 0 Å². The summed E-state index contributed by atoms with van der Waals surface area (Å²) in [5.41, 5.74) is 0.256. The molecule has 1 rings (SSSR count). The zero-order valence-corrected chi connectivity index (χ0v) is 7.92. The molecule has 0 radical (unpaired) electrons. The number of ether oxygens (including phenoxy) is 1. The van der Waals surface area contributed by atoms with E-state index in [0.717, 1.165) is 0 Å². The number of halogens is 1. The Morgan fingerprint density at radius 2 is 2.36 bits per heavy atom. The molecule has 0 aliphatic rings. The summed E-state index contributed by atoms with van der Waals surface area (Å²) in [5, 5.41) is 0. The number of hydrogen-bond acceptors (Lipinski definition) is 2. The van der Waals surface area contributed by atoms with Crippen molar-refractivity contribution < 1.29 is 13.9 Å². The molecule has 0 aliphatic carbocycles. The van der Waals surface area contributed by atoms with E-state index in [4.69, 9.17) is 4.74 Å². The summed E-state index contributed by atoms with van der Waals surface area (Å²) in [4.78, 5) is 11.1. The van der Waals surface area contributed by atoms with Gasteiger partial charge in [0.2, 0.25) is 0 Å². The van der Waals surface area contributed by atoms with Crippen LogP contribution in [0.5, 0.6) is 5.75 Å². The number of benzene rings is 1. The molecule has 0 heterocycles. The SMILES string of the molecule is C=CCOc1c(F)cccc1C(C)=O. The quantitative estimate of drug-likeness (QED) is 0.544. The van der Waals surface area contributed by atoms with E-state index in [0.29, 0.717) is 0 Å². The van der Waals surface area contributed by atoms with Gasteiger partial charge in [-0.3, -0.25) is 4.79 Å². The third kappa shape index (κ3) is 2.19. The molecule has 0 aromatic heterocycles. The molecular weight excluding hydrogens is 183 g/mol. The molecule has 0 bridgehead atoms. The standard InChI is InChI=1S/C11H11FO2/c1-3-7-14-11-9(8(2)13)5-4-6-10(11)12/h3-6H,1,7H2,2H3. The Hall–Kier alpha value is -1.64. The number of para-hydroxylation sites is 1. The van der Waals surface area contributed by atoms with Crippen molar-refractivity contribution in [1.29, 1.82) is 0 Å². The molecule has 1 aromatic rings. The number of Topliss-reactive ketones (excluding diaryl/α,β-unsaturated/α-hetero) is 1. The fourth-order valence-electron chi connectivity index (χ4n) is 1.08. The Morgan fingerprint density at radius 3 is 2.93 bits per heavy atom. The summed E-state index contributed by atoms with van der Waals surface area (Å²) < 4.78 is 18.3. The molecule has 0 spiro atoms. The molecule has 0 amide bonds. The molecule has 0 saturated heterocycles. The van der Waals surface area contributed by atoms with Crippen LogP contribution in [0.15, 0.2) is 30.9 Å². The molecule has 0 atom stereocenters. The highest BCUT2D eigenvalue weighted by Gasteiger charge is 2.12. The summed E-state index contributed by atoms with van der Waals surface area (Å²) in [6.45, 7) is 5.00. The van der Waals surface area contributed by atoms with Gasteiger partial charge in [-0.05, 0) is 19.1 Å². The maximum atomic E-state index is 13.2. The fraction of sp³-hybridized carbons (Fsp3) is 0.182. The van der Waals surface area contributed by atoms with Gasteiger partial charge in [0.1, 0.15) is 6.61 Å². The lowest BCUT2D eigenvalue weighted by Crippen LogP contribution is -2.03. The highest BCUT2D eigenvalue weighted by molar-refractivity contribution is 5.96. The fourth-order valence-corrected chi connectivity index (χ4v) is 1.08. The van der Waals surface area contributed by atoms with E-state index in [-0.39, 0.29) is 23.7 Å². The summed E-state index contributed by atoms with van der Waals surface area (Å²) in [6, 6.07) is 4.27. The van der Waals surface area contributed by atoms with Gasteiger partial charge in [0.05, 0.1) is 5.56 Å². The van der Waals surface area contributed by atoms with Crippen molar-refractivity contribution in [2.24, 2.45) is 0 Å². The van der Waals surface area contributed by atoms with E-state index in [1.54, 1.807) is 0 Å². The molecule has 14 heavy (non-hydrogen) atoms. The molecule has 2 nitrogen and oxygen atoms in total. The normalized spacial score (nSPS) is 9.57. The third-order valence-corrected chi connectivity index (χ3v) is 1.69. The van der Waals surface area contributed by atoms with E-state index in [2.05, 4.69) is 6.58 Å². The van der Waals surface area contributed by atoms with Crippen LogP contribution in [0.1, 0.15) is 17.3 Å².